The Labute approximate surface area is 249 Å². The standard InChI is InChI=1S/C31H34N6O6/c1-4-5-10-28(38)36(29(21(2)3)31(39)43-25-17-13-23(14-18-25)20-42-37(40)41)19-22-11-15-24(16-12-22)26-8-6-7-9-27(26)30-32-34-35-33-30/h6-9,11-18,21,29H,4-5,10,19-20H2,1-3H3,(H,32,33,34,35)/t29-/m0/s1. The van der Waals surface area contributed by atoms with Gasteiger partial charge in [0.15, 0.2) is 0 Å². The molecule has 1 atom stereocenters. The Kier molecular flexibility index (Phi) is 10.5. The smallest absolute Gasteiger partial charge is 0.334 e. The summed E-state index contributed by atoms with van der Waals surface area (Å²) in [6.07, 6.45) is 1.86. The highest BCUT2D eigenvalue weighted by Crippen LogP contribution is 2.30. The number of H-pyrrole nitrogens is 1. The molecule has 1 heterocycles. The van der Waals surface area contributed by atoms with Crippen LogP contribution in [-0.4, -0.2) is 48.5 Å². The van der Waals surface area contributed by atoms with Gasteiger partial charge in [-0.25, -0.2) is 4.79 Å². The largest absolute Gasteiger partial charge is 0.425 e. The molecule has 12 heteroatoms. The molecule has 0 aliphatic rings. The molecule has 12 nitrogen and oxygen atoms in total. The zero-order valence-corrected chi connectivity index (χ0v) is 24.3. The first-order valence-electron chi connectivity index (χ1n) is 14.1. The molecular weight excluding hydrogens is 552 g/mol. The van der Waals surface area contributed by atoms with Gasteiger partial charge < -0.3 is 14.5 Å². The van der Waals surface area contributed by atoms with Gasteiger partial charge in [-0.2, -0.15) is 5.21 Å². The molecule has 0 aliphatic heterocycles. The van der Waals surface area contributed by atoms with Crippen LogP contribution < -0.4 is 4.74 Å². The van der Waals surface area contributed by atoms with E-state index in [0.29, 0.717) is 24.2 Å². The first-order chi connectivity index (χ1) is 20.8. The fourth-order valence-electron chi connectivity index (χ4n) is 4.72. The molecule has 1 amide bonds. The van der Waals surface area contributed by atoms with Gasteiger partial charge in [-0.05, 0) is 51.9 Å². The monoisotopic (exact) mass is 586 g/mol. The van der Waals surface area contributed by atoms with Crippen molar-refractivity contribution in [3.05, 3.63) is 94.0 Å². The van der Waals surface area contributed by atoms with E-state index >= 15 is 0 Å². The van der Waals surface area contributed by atoms with Gasteiger partial charge in [0.2, 0.25) is 11.7 Å². The summed E-state index contributed by atoms with van der Waals surface area (Å²) in [6, 6.07) is 21.0. The first kappa shape index (κ1) is 30.8. The minimum Gasteiger partial charge on any atom is -0.425 e. The molecule has 4 aromatic rings. The minimum absolute atomic E-state index is 0.128. The molecule has 0 saturated carbocycles. The maximum absolute atomic E-state index is 13.5. The molecule has 0 aliphatic carbocycles. The van der Waals surface area contributed by atoms with Gasteiger partial charge in [0.1, 0.15) is 18.4 Å². The average Bonchev–Trinajstić information content (AvgIpc) is 3.54. The second-order valence-electron chi connectivity index (χ2n) is 10.4. The van der Waals surface area contributed by atoms with Crippen LogP contribution in [0.1, 0.15) is 51.2 Å². The fraction of sp³-hybridized carbons (Fsp3) is 0.323. The van der Waals surface area contributed by atoms with Crippen LogP contribution in [0.3, 0.4) is 0 Å². The fourth-order valence-corrected chi connectivity index (χ4v) is 4.72. The van der Waals surface area contributed by atoms with E-state index in [2.05, 4.69) is 25.5 Å². The third kappa shape index (κ3) is 8.22. The number of tetrazole rings is 1. The number of nitrogens with zero attached hydrogens (tertiary/aromatic N) is 5. The Morgan fingerprint density at radius 3 is 2.26 bits per heavy atom. The molecule has 0 unspecified atom stereocenters. The van der Waals surface area contributed by atoms with E-state index in [9.17, 15) is 19.7 Å². The summed E-state index contributed by atoms with van der Waals surface area (Å²) in [4.78, 5) is 43.4. The molecule has 1 aromatic heterocycles. The summed E-state index contributed by atoms with van der Waals surface area (Å²) in [5.74, 6) is -0.153. The van der Waals surface area contributed by atoms with Crippen LogP contribution in [0.25, 0.3) is 22.5 Å². The molecule has 4 rings (SSSR count). The summed E-state index contributed by atoms with van der Waals surface area (Å²) in [5, 5.41) is 24.0. The van der Waals surface area contributed by atoms with Crippen molar-refractivity contribution in [3.63, 3.8) is 0 Å². The number of rotatable bonds is 14. The van der Waals surface area contributed by atoms with Crippen molar-refractivity contribution in [1.29, 1.82) is 0 Å². The summed E-state index contributed by atoms with van der Waals surface area (Å²) in [7, 11) is 0. The minimum atomic E-state index is -0.867. The Bertz CT molecular complexity index is 1510. The summed E-state index contributed by atoms with van der Waals surface area (Å²) >= 11 is 0. The highest BCUT2D eigenvalue weighted by Gasteiger charge is 2.34. The van der Waals surface area contributed by atoms with E-state index < -0.39 is 17.1 Å². The number of benzene rings is 3. The highest BCUT2D eigenvalue weighted by molar-refractivity contribution is 5.86. The van der Waals surface area contributed by atoms with Gasteiger partial charge in [0.25, 0.3) is 5.09 Å². The van der Waals surface area contributed by atoms with Crippen LogP contribution in [-0.2, 0) is 27.6 Å². The third-order valence-electron chi connectivity index (χ3n) is 6.88. The van der Waals surface area contributed by atoms with Gasteiger partial charge >= 0.3 is 5.97 Å². The average molecular weight is 587 g/mol. The van der Waals surface area contributed by atoms with Crippen molar-refractivity contribution in [2.75, 3.05) is 0 Å². The van der Waals surface area contributed by atoms with E-state index in [0.717, 1.165) is 28.7 Å². The predicted molar refractivity (Wildman–Crippen MR) is 158 cm³/mol. The number of esters is 1. The van der Waals surface area contributed by atoms with Crippen molar-refractivity contribution in [3.8, 4) is 28.3 Å². The van der Waals surface area contributed by atoms with Crippen molar-refractivity contribution in [2.24, 2.45) is 5.92 Å². The van der Waals surface area contributed by atoms with Crippen molar-refractivity contribution >= 4 is 11.9 Å². The molecule has 3 aromatic carbocycles. The van der Waals surface area contributed by atoms with Crippen molar-refractivity contribution < 1.29 is 24.3 Å². The van der Waals surface area contributed by atoms with Gasteiger partial charge in [-0.15, -0.1) is 20.3 Å². The molecule has 0 radical (unpaired) electrons. The molecule has 0 spiro atoms. The van der Waals surface area contributed by atoms with Gasteiger partial charge in [-0.1, -0.05) is 87.9 Å². The molecule has 0 saturated heterocycles. The van der Waals surface area contributed by atoms with Gasteiger partial charge in [0.05, 0.1) is 0 Å². The molecule has 224 valence electrons. The van der Waals surface area contributed by atoms with Crippen LogP contribution >= 0.6 is 0 Å². The van der Waals surface area contributed by atoms with Crippen molar-refractivity contribution in [2.45, 2.75) is 59.2 Å². The lowest BCUT2D eigenvalue weighted by Crippen LogP contribution is -2.49. The molecular formula is C31H34N6O6. The topological polar surface area (TPSA) is 153 Å². The third-order valence-corrected chi connectivity index (χ3v) is 6.88. The SMILES string of the molecule is CCCCC(=O)N(Cc1ccc(-c2ccccc2-c2nn[nH]n2)cc1)[C@H](C(=O)Oc1ccc(CO[N+](=O)[O-])cc1)C(C)C. The normalized spacial score (nSPS) is 11.6. The maximum atomic E-state index is 13.5. The second-order valence-corrected chi connectivity index (χ2v) is 10.4. The van der Waals surface area contributed by atoms with Crippen LogP contribution in [0, 0.1) is 16.0 Å². The number of aromatic amines is 1. The number of nitrogens with one attached hydrogen (secondary N) is 1. The highest BCUT2D eigenvalue weighted by atomic mass is 16.9. The number of amides is 1. The van der Waals surface area contributed by atoms with E-state index in [1.54, 1.807) is 29.2 Å². The van der Waals surface area contributed by atoms with E-state index in [1.165, 1.54) is 0 Å². The summed E-state index contributed by atoms with van der Waals surface area (Å²) in [6.45, 7) is 5.78. The number of aromatic nitrogens is 4. The predicted octanol–water partition coefficient (Wildman–Crippen LogP) is 5.39. The number of carbonyl (C=O) groups excluding carboxylic acids is 2. The van der Waals surface area contributed by atoms with E-state index in [1.807, 2.05) is 69.3 Å². The zero-order chi connectivity index (χ0) is 30.8. The zero-order valence-electron chi connectivity index (χ0n) is 24.3. The summed E-state index contributed by atoms with van der Waals surface area (Å²) in [5.41, 5.74) is 4.13. The number of carbonyl (C=O) groups is 2. The van der Waals surface area contributed by atoms with Crippen LogP contribution in [0.15, 0.2) is 72.8 Å². The lowest BCUT2D eigenvalue weighted by molar-refractivity contribution is -0.763. The Balaban J connectivity index is 1.55. The number of hydrogen-bond donors (Lipinski definition) is 1. The molecule has 0 fully saturated rings. The quantitative estimate of drug-likeness (QED) is 0.0886. The Morgan fingerprint density at radius 2 is 1.65 bits per heavy atom. The lowest BCUT2D eigenvalue weighted by atomic mass is 9.97. The molecule has 1 N–H and O–H groups in total. The Hall–Kier alpha value is -5.13. The molecule has 0 bridgehead atoms. The van der Waals surface area contributed by atoms with E-state index in [-0.39, 0.29) is 30.7 Å². The number of unbranched alkanes of at least 4 members (excludes halogenated alkanes) is 1. The maximum Gasteiger partial charge on any atom is 0.334 e. The number of hydrogen-bond acceptors (Lipinski definition) is 9. The first-order valence-corrected chi connectivity index (χ1v) is 14.1. The lowest BCUT2D eigenvalue weighted by Gasteiger charge is -2.33. The Morgan fingerprint density at radius 1 is 0.977 bits per heavy atom. The van der Waals surface area contributed by atoms with Crippen molar-refractivity contribution in [1.82, 2.24) is 25.5 Å². The van der Waals surface area contributed by atoms with Crippen LogP contribution in [0.5, 0.6) is 5.75 Å². The number of ether oxygens (including phenoxy) is 1. The van der Waals surface area contributed by atoms with Gasteiger partial charge in [0, 0.05) is 18.5 Å². The van der Waals surface area contributed by atoms with E-state index in [4.69, 9.17) is 4.74 Å². The van der Waals surface area contributed by atoms with Crippen LogP contribution in [0.2, 0.25) is 0 Å². The van der Waals surface area contributed by atoms with Crippen LogP contribution in [0.4, 0.5) is 0 Å². The second kappa shape index (κ2) is 14.7. The molecule has 43 heavy (non-hydrogen) atoms. The summed E-state index contributed by atoms with van der Waals surface area (Å²) < 4.78 is 5.69. The van der Waals surface area contributed by atoms with Gasteiger partial charge in [-0.3, -0.25) is 4.79 Å².